The summed E-state index contributed by atoms with van der Waals surface area (Å²) in [6.07, 6.45) is 10.6. The molecule has 2 aromatic carbocycles. The number of para-hydroxylation sites is 1. The first-order valence-electron chi connectivity index (χ1n) is 12.2. The van der Waals surface area contributed by atoms with Gasteiger partial charge in [-0.2, -0.15) is 5.10 Å². The molecule has 0 saturated heterocycles. The van der Waals surface area contributed by atoms with Gasteiger partial charge in [0.05, 0.1) is 13.3 Å². The minimum Gasteiger partial charge on any atom is -0.466 e. The van der Waals surface area contributed by atoms with Crippen molar-refractivity contribution in [3.05, 3.63) is 94.4 Å². The van der Waals surface area contributed by atoms with Gasteiger partial charge in [0.25, 0.3) is 0 Å². The molecule has 4 aromatic rings. The normalized spacial score (nSPS) is 15.4. The van der Waals surface area contributed by atoms with Gasteiger partial charge in [0.2, 0.25) is 0 Å². The van der Waals surface area contributed by atoms with Gasteiger partial charge in [0, 0.05) is 60.6 Å². The summed E-state index contributed by atoms with van der Waals surface area (Å²) < 4.78 is 6.68. The van der Waals surface area contributed by atoms with Crippen molar-refractivity contribution in [1.82, 2.24) is 19.7 Å². The van der Waals surface area contributed by atoms with Crippen LogP contribution in [0.15, 0.2) is 60.9 Å². The largest absolute Gasteiger partial charge is 0.466 e. The third-order valence-electron chi connectivity index (χ3n) is 7.32. The number of hydrogen-bond donors (Lipinski definition) is 1. The van der Waals surface area contributed by atoms with Crippen molar-refractivity contribution in [2.45, 2.75) is 38.8 Å². The Labute approximate surface area is 206 Å². The molecule has 6 nitrogen and oxygen atoms in total. The zero-order valence-electron chi connectivity index (χ0n) is 20.6. The van der Waals surface area contributed by atoms with Crippen LogP contribution in [0.2, 0.25) is 0 Å². The molecule has 5 rings (SSSR count). The Kier molecular flexibility index (Phi) is 6.55. The predicted octanol–water partition coefficient (Wildman–Crippen LogP) is 5.13. The Bertz CT molecular complexity index is 1380. The number of methoxy groups -OCH3 is 1. The topological polar surface area (TPSA) is 63.1 Å². The highest BCUT2D eigenvalue weighted by Gasteiger charge is 2.29. The van der Waals surface area contributed by atoms with Crippen LogP contribution in [0, 0.1) is 6.92 Å². The molecule has 2 heterocycles. The lowest BCUT2D eigenvalue weighted by atomic mass is 10.0. The molecule has 35 heavy (non-hydrogen) atoms. The molecule has 2 aromatic heterocycles. The Balaban J connectivity index is 1.40. The number of fused-ring (bicyclic) bond motifs is 2. The summed E-state index contributed by atoms with van der Waals surface area (Å²) in [5.41, 5.74) is 8.82. The fraction of sp³-hybridized carbons (Fsp3) is 0.310. The van der Waals surface area contributed by atoms with Crippen molar-refractivity contribution >= 4 is 22.9 Å². The van der Waals surface area contributed by atoms with Gasteiger partial charge in [-0.05, 0) is 60.6 Å². The lowest BCUT2D eigenvalue weighted by molar-refractivity contribution is -0.134. The molecule has 0 bridgehead atoms. The molecule has 1 aliphatic carbocycles. The maximum atomic E-state index is 11.5. The number of benzene rings is 2. The number of nitrogens with zero attached hydrogens (tertiary/aromatic N) is 3. The lowest BCUT2D eigenvalue weighted by Gasteiger charge is -2.30. The van der Waals surface area contributed by atoms with E-state index >= 15 is 0 Å². The minimum absolute atomic E-state index is 0.335. The van der Waals surface area contributed by atoms with Crippen LogP contribution in [0.5, 0.6) is 0 Å². The highest BCUT2D eigenvalue weighted by atomic mass is 16.5. The number of nitrogens with one attached hydrogen (secondary N) is 1. The lowest BCUT2D eigenvalue weighted by Crippen LogP contribution is -2.29. The molecule has 0 aliphatic heterocycles. The van der Waals surface area contributed by atoms with Crippen LogP contribution >= 0.6 is 0 Å². The number of ether oxygens (including phenoxy) is 1. The number of carbonyl (C=O) groups is 1. The maximum Gasteiger partial charge on any atom is 0.330 e. The number of hydrogen-bond acceptors (Lipinski definition) is 4. The van der Waals surface area contributed by atoms with E-state index in [1.54, 1.807) is 0 Å². The first kappa shape index (κ1) is 23.1. The predicted molar refractivity (Wildman–Crippen MR) is 139 cm³/mol. The number of aryl methyl sites for hydroxylation is 2. The molecule has 180 valence electrons. The van der Waals surface area contributed by atoms with E-state index in [4.69, 9.17) is 4.74 Å². The first-order chi connectivity index (χ1) is 17.0. The van der Waals surface area contributed by atoms with E-state index in [0.29, 0.717) is 6.04 Å². The molecule has 1 N–H and O–H groups in total. The summed E-state index contributed by atoms with van der Waals surface area (Å²) in [6.45, 7) is 3.98. The number of aromatic nitrogens is 3. The van der Waals surface area contributed by atoms with E-state index in [1.807, 2.05) is 24.0 Å². The standard InChI is InChI=1S/C29H32N4O2/c1-20-24(18-31-32(20)2)19-33(15-14-23-17-30-27-7-5-4-6-25(23)27)28-12-10-22-16-21(8-11-26(22)28)9-13-29(34)35-3/h4-9,11,13,16-18,28,30H,10,12,14-15,19H2,1-3H3. The first-order valence-corrected chi connectivity index (χ1v) is 12.2. The van der Waals surface area contributed by atoms with Crippen LogP contribution in [0.3, 0.4) is 0 Å². The number of rotatable bonds is 8. The number of esters is 1. The molecule has 0 spiro atoms. The van der Waals surface area contributed by atoms with Crippen molar-refractivity contribution in [3.63, 3.8) is 0 Å². The molecule has 1 unspecified atom stereocenters. The molecule has 6 heteroatoms. The van der Waals surface area contributed by atoms with Crippen LogP contribution in [0.1, 0.15) is 46.0 Å². The second kappa shape index (κ2) is 9.92. The zero-order chi connectivity index (χ0) is 24.4. The Morgan fingerprint density at radius 3 is 2.91 bits per heavy atom. The highest BCUT2D eigenvalue weighted by Crippen LogP contribution is 2.37. The van der Waals surface area contributed by atoms with Crippen LogP contribution in [-0.4, -0.2) is 39.3 Å². The smallest absolute Gasteiger partial charge is 0.330 e. The van der Waals surface area contributed by atoms with Gasteiger partial charge < -0.3 is 9.72 Å². The van der Waals surface area contributed by atoms with Crippen molar-refractivity contribution in [2.75, 3.05) is 13.7 Å². The quantitative estimate of drug-likeness (QED) is 0.288. The third kappa shape index (κ3) is 4.80. The van der Waals surface area contributed by atoms with Gasteiger partial charge in [-0.1, -0.05) is 36.4 Å². The van der Waals surface area contributed by atoms with Crippen molar-refractivity contribution < 1.29 is 9.53 Å². The van der Waals surface area contributed by atoms with Crippen molar-refractivity contribution in [3.8, 4) is 0 Å². The molecular formula is C29H32N4O2. The van der Waals surface area contributed by atoms with Gasteiger partial charge in [-0.3, -0.25) is 9.58 Å². The average Bonchev–Trinajstić information content (AvgIpc) is 3.58. The van der Waals surface area contributed by atoms with Crippen molar-refractivity contribution in [1.29, 1.82) is 0 Å². The Morgan fingerprint density at radius 2 is 2.11 bits per heavy atom. The summed E-state index contributed by atoms with van der Waals surface area (Å²) in [5, 5.41) is 5.79. The minimum atomic E-state index is -0.335. The zero-order valence-corrected chi connectivity index (χ0v) is 20.6. The number of H-pyrrole nitrogens is 1. The fourth-order valence-corrected chi connectivity index (χ4v) is 5.20. The van der Waals surface area contributed by atoms with Gasteiger partial charge >= 0.3 is 5.97 Å². The molecule has 0 radical (unpaired) electrons. The summed E-state index contributed by atoms with van der Waals surface area (Å²) in [7, 11) is 3.40. The van der Waals surface area contributed by atoms with Crippen LogP contribution in [0.4, 0.5) is 0 Å². The number of aromatic amines is 1. The van der Waals surface area contributed by atoms with E-state index in [-0.39, 0.29) is 5.97 Å². The summed E-state index contributed by atoms with van der Waals surface area (Å²) in [4.78, 5) is 17.5. The van der Waals surface area contributed by atoms with Crippen LogP contribution in [-0.2, 0) is 36.0 Å². The van der Waals surface area contributed by atoms with E-state index < -0.39 is 0 Å². The summed E-state index contributed by atoms with van der Waals surface area (Å²) in [5.74, 6) is -0.335. The Hall–Kier alpha value is -3.64. The maximum absolute atomic E-state index is 11.5. The van der Waals surface area contributed by atoms with Gasteiger partial charge in [-0.25, -0.2) is 4.79 Å². The molecule has 0 fully saturated rings. The van der Waals surface area contributed by atoms with Crippen molar-refractivity contribution in [2.24, 2.45) is 7.05 Å². The molecule has 1 atom stereocenters. The molecular weight excluding hydrogens is 436 g/mol. The van der Waals surface area contributed by atoms with E-state index in [9.17, 15) is 4.79 Å². The Morgan fingerprint density at radius 1 is 1.26 bits per heavy atom. The van der Waals surface area contributed by atoms with Gasteiger partial charge in [-0.15, -0.1) is 0 Å². The SMILES string of the molecule is COC(=O)C=Cc1ccc2c(c1)CCC2N(CCc1c[nH]c2ccccc12)Cc1cnn(C)c1C. The number of carbonyl (C=O) groups excluding carboxylic acids is 1. The summed E-state index contributed by atoms with van der Waals surface area (Å²) in [6, 6.07) is 15.4. The monoisotopic (exact) mass is 468 g/mol. The van der Waals surface area contributed by atoms with Crippen LogP contribution in [0.25, 0.3) is 17.0 Å². The fourth-order valence-electron chi connectivity index (χ4n) is 5.20. The summed E-state index contributed by atoms with van der Waals surface area (Å²) >= 11 is 0. The average molecular weight is 469 g/mol. The van der Waals surface area contributed by atoms with Crippen LogP contribution < -0.4 is 0 Å². The molecule has 0 amide bonds. The van der Waals surface area contributed by atoms with Gasteiger partial charge in [0.15, 0.2) is 0 Å². The second-order valence-electron chi connectivity index (χ2n) is 9.33. The van der Waals surface area contributed by atoms with E-state index in [0.717, 1.165) is 37.9 Å². The van der Waals surface area contributed by atoms with E-state index in [1.165, 1.54) is 52.0 Å². The van der Waals surface area contributed by atoms with E-state index in [2.05, 4.69) is 70.6 Å². The highest BCUT2D eigenvalue weighted by molar-refractivity contribution is 5.87. The molecule has 1 aliphatic rings. The third-order valence-corrected chi connectivity index (χ3v) is 7.32. The molecule has 0 saturated carbocycles. The van der Waals surface area contributed by atoms with Gasteiger partial charge in [0.1, 0.15) is 0 Å². The second-order valence-corrected chi connectivity index (χ2v) is 9.33.